The second-order valence-corrected chi connectivity index (χ2v) is 7.70. The average molecular weight is 423 g/mol. The number of carbonyl (C=O) groups excluding carboxylic acids is 2. The molecule has 1 aromatic rings. The van der Waals surface area contributed by atoms with E-state index in [1.165, 1.54) is 24.3 Å². The molecule has 164 valence electrons. The Balaban J connectivity index is 1.20. The molecule has 0 saturated carbocycles. The molecule has 3 saturated heterocycles. The van der Waals surface area contributed by atoms with Gasteiger partial charge in [-0.25, -0.2) is 9.18 Å². The summed E-state index contributed by atoms with van der Waals surface area (Å²) in [5.41, 5.74) is 0.453. The van der Waals surface area contributed by atoms with Gasteiger partial charge >= 0.3 is 6.03 Å². The Morgan fingerprint density at radius 2 is 1.90 bits per heavy atom. The van der Waals surface area contributed by atoms with Gasteiger partial charge in [-0.1, -0.05) is 0 Å². The quantitative estimate of drug-likeness (QED) is 0.636. The molecule has 9 nitrogen and oxygen atoms in total. The van der Waals surface area contributed by atoms with Crippen molar-refractivity contribution in [3.05, 3.63) is 30.1 Å². The number of rotatable bonds is 5. The zero-order chi connectivity index (χ0) is 21.1. The van der Waals surface area contributed by atoms with E-state index in [-0.39, 0.29) is 36.9 Å². The van der Waals surface area contributed by atoms with E-state index in [1.54, 1.807) is 4.90 Å². The lowest BCUT2D eigenvalue weighted by molar-refractivity contribution is -0.138. The van der Waals surface area contributed by atoms with Gasteiger partial charge in [0.2, 0.25) is 5.91 Å². The van der Waals surface area contributed by atoms with Gasteiger partial charge < -0.3 is 34.9 Å². The van der Waals surface area contributed by atoms with Crippen LogP contribution in [-0.2, 0) is 19.0 Å². The smallest absolute Gasteiger partial charge is 0.319 e. The van der Waals surface area contributed by atoms with Crippen molar-refractivity contribution in [1.82, 2.24) is 10.2 Å². The Morgan fingerprint density at radius 3 is 2.60 bits per heavy atom. The van der Waals surface area contributed by atoms with Crippen molar-refractivity contribution in [2.75, 3.05) is 38.2 Å². The van der Waals surface area contributed by atoms with E-state index in [0.29, 0.717) is 38.4 Å². The van der Waals surface area contributed by atoms with Crippen LogP contribution in [0.3, 0.4) is 0 Å². The number of amides is 3. The van der Waals surface area contributed by atoms with Crippen molar-refractivity contribution >= 4 is 17.6 Å². The molecule has 3 aliphatic heterocycles. The van der Waals surface area contributed by atoms with Crippen molar-refractivity contribution in [3.63, 3.8) is 0 Å². The number of nitrogens with one attached hydrogen (secondary N) is 2. The fourth-order valence-corrected chi connectivity index (χ4v) is 4.05. The van der Waals surface area contributed by atoms with E-state index < -0.39 is 24.3 Å². The van der Waals surface area contributed by atoms with E-state index in [4.69, 9.17) is 14.2 Å². The van der Waals surface area contributed by atoms with Gasteiger partial charge in [-0.05, 0) is 24.3 Å². The number of anilines is 1. The highest BCUT2D eigenvalue weighted by Gasteiger charge is 2.50. The molecule has 0 unspecified atom stereocenters. The molecule has 3 heterocycles. The lowest BCUT2D eigenvalue weighted by atomic mass is 10.1. The fourth-order valence-electron chi connectivity index (χ4n) is 4.05. The zero-order valence-corrected chi connectivity index (χ0v) is 16.5. The number of aliphatic hydroxyl groups is 1. The maximum absolute atomic E-state index is 12.9. The number of morpholine rings is 1. The molecule has 0 aliphatic carbocycles. The van der Waals surface area contributed by atoms with Crippen LogP contribution in [0.25, 0.3) is 0 Å². The summed E-state index contributed by atoms with van der Waals surface area (Å²) in [5.74, 6) is -0.367. The SMILES string of the molecule is O=C(NC[C@H]1O[C@@H]2C[C@@H](CC(=O)N3CCOCC3)O[C@@H]2[C@@H]1O)Nc1ccc(F)cc1. The standard InChI is InChI=1S/C20H26FN3O6/c21-12-1-3-13(4-2-12)23-20(27)22-11-16-18(26)19-15(30-16)9-14(29-19)10-17(25)24-5-7-28-8-6-24/h1-4,14-16,18-19,26H,5-11H2,(H2,22,23,27)/t14-,15+,16+,18+,19-/m0/s1. The van der Waals surface area contributed by atoms with Crippen LogP contribution < -0.4 is 10.6 Å². The monoisotopic (exact) mass is 423 g/mol. The normalized spacial score (nSPS) is 30.7. The molecule has 3 amide bonds. The van der Waals surface area contributed by atoms with Gasteiger partial charge in [0.15, 0.2) is 0 Å². The Morgan fingerprint density at radius 1 is 1.17 bits per heavy atom. The molecule has 5 atom stereocenters. The summed E-state index contributed by atoms with van der Waals surface area (Å²) in [4.78, 5) is 26.1. The maximum Gasteiger partial charge on any atom is 0.319 e. The molecular weight excluding hydrogens is 397 g/mol. The molecular formula is C20H26FN3O6. The minimum absolute atomic E-state index is 0.0217. The minimum Gasteiger partial charge on any atom is -0.388 e. The van der Waals surface area contributed by atoms with Gasteiger partial charge in [0, 0.05) is 31.7 Å². The third-order valence-corrected chi connectivity index (χ3v) is 5.61. The Kier molecular flexibility index (Phi) is 6.47. The number of hydrogen-bond donors (Lipinski definition) is 3. The molecule has 3 aliphatic rings. The number of benzene rings is 1. The van der Waals surface area contributed by atoms with Crippen LogP contribution in [-0.4, -0.2) is 85.3 Å². The van der Waals surface area contributed by atoms with E-state index in [1.807, 2.05) is 0 Å². The highest BCUT2D eigenvalue weighted by molar-refractivity contribution is 5.89. The summed E-state index contributed by atoms with van der Waals surface area (Å²) >= 11 is 0. The zero-order valence-electron chi connectivity index (χ0n) is 16.5. The number of hydrogen-bond acceptors (Lipinski definition) is 6. The molecule has 3 fully saturated rings. The molecule has 0 spiro atoms. The fraction of sp³-hybridized carbons (Fsp3) is 0.600. The average Bonchev–Trinajstić information content (AvgIpc) is 3.27. The molecule has 1 aromatic carbocycles. The van der Waals surface area contributed by atoms with Crippen LogP contribution in [0, 0.1) is 5.82 Å². The van der Waals surface area contributed by atoms with Crippen molar-refractivity contribution in [2.45, 2.75) is 43.4 Å². The second-order valence-electron chi connectivity index (χ2n) is 7.70. The van der Waals surface area contributed by atoms with Gasteiger partial charge in [0.1, 0.15) is 24.1 Å². The highest BCUT2D eigenvalue weighted by atomic mass is 19.1. The number of halogens is 1. The van der Waals surface area contributed by atoms with E-state index in [9.17, 15) is 19.1 Å². The van der Waals surface area contributed by atoms with Gasteiger partial charge in [-0.15, -0.1) is 0 Å². The highest BCUT2D eigenvalue weighted by Crippen LogP contribution is 2.35. The second kappa shape index (κ2) is 9.25. The van der Waals surface area contributed by atoms with E-state index in [0.717, 1.165) is 0 Å². The van der Waals surface area contributed by atoms with E-state index >= 15 is 0 Å². The van der Waals surface area contributed by atoms with Crippen LogP contribution in [0.5, 0.6) is 0 Å². The van der Waals surface area contributed by atoms with Crippen molar-refractivity contribution in [2.24, 2.45) is 0 Å². The van der Waals surface area contributed by atoms with Gasteiger partial charge in [-0.2, -0.15) is 0 Å². The first-order valence-electron chi connectivity index (χ1n) is 10.1. The van der Waals surface area contributed by atoms with Crippen LogP contribution in [0.15, 0.2) is 24.3 Å². The molecule has 3 N–H and O–H groups in total. The predicted molar refractivity (Wildman–Crippen MR) is 103 cm³/mol. The number of nitrogens with zero attached hydrogens (tertiary/aromatic N) is 1. The van der Waals surface area contributed by atoms with E-state index in [2.05, 4.69) is 10.6 Å². The number of carbonyl (C=O) groups is 2. The molecule has 0 bridgehead atoms. The summed E-state index contributed by atoms with van der Waals surface area (Å²) < 4.78 is 29.9. The molecule has 10 heteroatoms. The molecule has 30 heavy (non-hydrogen) atoms. The first-order chi connectivity index (χ1) is 14.5. The third kappa shape index (κ3) is 4.89. The molecule has 4 rings (SSSR count). The number of ether oxygens (including phenoxy) is 3. The van der Waals surface area contributed by atoms with Gasteiger partial charge in [-0.3, -0.25) is 4.79 Å². The number of fused-ring (bicyclic) bond motifs is 1. The largest absolute Gasteiger partial charge is 0.388 e. The summed E-state index contributed by atoms with van der Waals surface area (Å²) in [7, 11) is 0. The summed E-state index contributed by atoms with van der Waals surface area (Å²) in [6.07, 6.45) is -1.84. The van der Waals surface area contributed by atoms with Crippen molar-refractivity contribution in [3.8, 4) is 0 Å². The molecule has 0 radical (unpaired) electrons. The first-order valence-corrected chi connectivity index (χ1v) is 10.1. The summed E-state index contributed by atoms with van der Waals surface area (Å²) in [5, 5.41) is 15.7. The van der Waals surface area contributed by atoms with Crippen LogP contribution in [0.1, 0.15) is 12.8 Å². The Labute approximate surface area is 173 Å². The van der Waals surface area contributed by atoms with Crippen LogP contribution >= 0.6 is 0 Å². The van der Waals surface area contributed by atoms with Gasteiger partial charge in [0.25, 0.3) is 0 Å². The van der Waals surface area contributed by atoms with Gasteiger partial charge in [0.05, 0.1) is 31.8 Å². The summed E-state index contributed by atoms with van der Waals surface area (Å²) in [6.45, 7) is 2.37. The Hall–Kier alpha value is -2.27. The van der Waals surface area contributed by atoms with Crippen molar-refractivity contribution in [1.29, 1.82) is 0 Å². The lowest BCUT2D eigenvalue weighted by Gasteiger charge is -2.28. The number of aliphatic hydroxyl groups excluding tert-OH is 1. The van der Waals surface area contributed by atoms with Crippen LogP contribution in [0.2, 0.25) is 0 Å². The first kappa shape index (κ1) is 21.0. The Bertz CT molecular complexity index is 757. The maximum atomic E-state index is 12.9. The third-order valence-electron chi connectivity index (χ3n) is 5.61. The molecule has 0 aromatic heterocycles. The lowest BCUT2D eigenvalue weighted by Crippen LogP contribution is -2.43. The minimum atomic E-state index is -0.899. The van der Waals surface area contributed by atoms with Crippen LogP contribution in [0.4, 0.5) is 14.9 Å². The number of urea groups is 1. The summed E-state index contributed by atoms with van der Waals surface area (Å²) in [6, 6.07) is 4.92. The van der Waals surface area contributed by atoms with Crippen molar-refractivity contribution < 1.29 is 33.3 Å². The predicted octanol–water partition coefficient (Wildman–Crippen LogP) is 0.482. The topological polar surface area (TPSA) is 109 Å².